The molecule has 1 aromatic rings. The summed E-state index contributed by atoms with van der Waals surface area (Å²) in [6.07, 6.45) is 0. The molecule has 0 saturated heterocycles. The molecule has 0 aromatic heterocycles. The highest BCUT2D eigenvalue weighted by Gasteiger charge is 2.01. The van der Waals surface area contributed by atoms with E-state index in [1.165, 1.54) is 0 Å². The third kappa shape index (κ3) is 1.77. The minimum absolute atomic E-state index is 0.106. The molecule has 2 heteroatoms. The highest BCUT2D eigenvalue weighted by molar-refractivity contribution is 5.54. The zero-order valence-electron chi connectivity index (χ0n) is 7.59. The van der Waals surface area contributed by atoms with Crippen molar-refractivity contribution in [3.63, 3.8) is 0 Å². The topological polar surface area (TPSA) is 32.3 Å². The summed E-state index contributed by atoms with van der Waals surface area (Å²) in [6, 6.07) is 5.99. The van der Waals surface area contributed by atoms with Crippen molar-refractivity contribution in [2.75, 3.05) is 11.9 Å². The fourth-order valence-corrected chi connectivity index (χ4v) is 1.27. The standard InChI is InChI=1S/C10H15NO/c1-3-11-10-6-4-5-8(2)9(10)7-12/h4-6,11-12H,3,7H2,1-2H3. The number of anilines is 1. The smallest absolute Gasteiger partial charge is 0.0704 e. The van der Waals surface area contributed by atoms with E-state index >= 15 is 0 Å². The first kappa shape index (κ1) is 9.07. The SMILES string of the molecule is CCNc1cccc(C)c1CO. The Balaban J connectivity index is 3.00. The van der Waals surface area contributed by atoms with Gasteiger partial charge in [0.25, 0.3) is 0 Å². The summed E-state index contributed by atoms with van der Waals surface area (Å²) in [5.41, 5.74) is 3.18. The Morgan fingerprint density at radius 3 is 2.75 bits per heavy atom. The maximum atomic E-state index is 9.09. The van der Waals surface area contributed by atoms with Crippen LogP contribution in [0.1, 0.15) is 18.1 Å². The Hall–Kier alpha value is -1.02. The van der Waals surface area contributed by atoms with E-state index in [1.807, 2.05) is 32.0 Å². The first-order chi connectivity index (χ1) is 5.79. The molecule has 1 aromatic carbocycles. The van der Waals surface area contributed by atoms with Gasteiger partial charge >= 0.3 is 0 Å². The molecule has 2 nitrogen and oxygen atoms in total. The van der Waals surface area contributed by atoms with Crippen molar-refractivity contribution in [2.45, 2.75) is 20.5 Å². The van der Waals surface area contributed by atoms with Gasteiger partial charge in [-0.2, -0.15) is 0 Å². The lowest BCUT2D eigenvalue weighted by Gasteiger charge is -2.10. The molecule has 0 unspecified atom stereocenters. The van der Waals surface area contributed by atoms with Crippen molar-refractivity contribution in [3.05, 3.63) is 29.3 Å². The molecule has 0 aliphatic carbocycles. The van der Waals surface area contributed by atoms with Crippen LogP contribution in [-0.4, -0.2) is 11.7 Å². The van der Waals surface area contributed by atoms with Gasteiger partial charge in [-0.05, 0) is 25.5 Å². The first-order valence-electron chi connectivity index (χ1n) is 4.22. The predicted octanol–water partition coefficient (Wildman–Crippen LogP) is 1.92. The number of hydrogen-bond donors (Lipinski definition) is 2. The third-order valence-corrected chi connectivity index (χ3v) is 1.94. The van der Waals surface area contributed by atoms with E-state index in [0.717, 1.165) is 23.4 Å². The Morgan fingerprint density at radius 1 is 1.42 bits per heavy atom. The number of benzene rings is 1. The molecule has 0 radical (unpaired) electrons. The van der Waals surface area contributed by atoms with Crippen LogP contribution in [0.3, 0.4) is 0 Å². The highest BCUT2D eigenvalue weighted by Crippen LogP contribution is 2.18. The summed E-state index contributed by atoms with van der Waals surface area (Å²) in [5, 5.41) is 12.3. The van der Waals surface area contributed by atoms with Crippen molar-refractivity contribution in [2.24, 2.45) is 0 Å². The maximum Gasteiger partial charge on any atom is 0.0704 e. The van der Waals surface area contributed by atoms with Crippen LogP contribution in [0.25, 0.3) is 0 Å². The zero-order valence-corrected chi connectivity index (χ0v) is 7.59. The molecule has 0 aliphatic rings. The lowest BCUT2D eigenvalue weighted by Crippen LogP contribution is -2.02. The molecule has 66 valence electrons. The van der Waals surface area contributed by atoms with Crippen LogP contribution in [0.4, 0.5) is 5.69 Å². The lowest BCUT2D eigenvalue weighted by molar-refractivity contribution is 0.281. The van der Waals surface area contributed by atoms with E-state index in [4.69, 9.17) is 5.11 Å². The van der Waals surface area contributed by atoms with Gasteiger partial charge in [-0.25, -0.2) is 0 Å². The summed E-state index contributed by atoms with van der Waals surface area (Å²) in [4.78, 5) is 0. The van der Waals surface area contributed by atoms with Crippen molar-refractivity contribution < 1.29 is 5.11 Å². The summed E-state index contributed by atoms with van der Waals surface area (Å²) in [7, 11) is 0. The van der Waals surface area contributed by atoms with Crippen LogP contribution in [0.15, 0.2) is 18.2 Å². The molecule has 0 bridgehead atoms. The average molecular weight is 165 g/mol. The number of hydrogen-bond acceptors (Lipinski definition) is 2. The Morgan fingerprint density at radius 2 is 2.17 bits per heavy atom. The maximum absolute atomic E-state index is 9.09. The fraction of sp³-hybridized carbons (Fsp3) is 0.400. The van der Waals surface area contributed by atoms with E-state index in [1.54, 1.807) is 0 Å². The minimum Gasteiger partial charge on any atom is -0.392 e. The van der Waals surface area contributed by atoms with Crippen molar-refractivity contribution in [3.8, 4) is 0 Å². The van der Waals surface area contributed by atoms with Gasteiger partial charge in [-0.3, -0.25) is 0 Å². The molecule has 0 spiro atoms. The van der Waals surface area contributed by atoms with Gasteiger partial charge in [0.2, 0.25) is 0 Å². The van der Waals surface area contributed by atoms with Crippen LogP contribution in [0, 0.1) is 6.92 Å². The van der Waals surface area contributed by atoms with Gasteiger partial charge in [-0.15, -0.1) is 0 Å². The van der Waals surface area contributed by atoms with E-state index in [-0.39, 0.29) is 6.61 Å². The van der Waals surface area contributed by atoms with Crippen molar-refractivity contribution in [1.29, 1.82) is 0 Å². The highest BCUT2D eigenvalue weighted by atomic mass is 16.3. The lowest BCUT2D eigenvalue weighted by atomic mass is 10.1. The van der Waals surface area contributed by atoms with Crippen LogP contribution in [0.5, 0.6) is 0 Å². The zero-order chi connectivity index (χ0) is 8.97. The number of rotatable bonds is 3. The largest absolute Gasteiger partial charge is 0.392 e. The second kappa shape index (κ2) is 4.12. The van der Waals surface area contributed by atoms with Crippen LogP contribution in [-0.2, 0) is 6.61 Å². The summed E-state index contributed by atoms with van der Waals surface area (Å²) < 4.78 is 0. The second-order valence-corrected chi connectivity index (χ2v) is 2.79. The number of aliphatic hydroxyl groups excluding tert-OH is 1. The molecular weight excluding hydrogens is 150 g/mol. The van der Waals surface area contributed by atoms with Gasteiger partial charge in [-0.1, -0.05) is 12.1 Å². The molecule has 1 rings (SSSR count). The van der Waals surface area contributed by atoms with E-state index in [9.17, 15) is 0 Å². The molecule has 0 fully saturated rings. The van der Waals surface area contributed by atoms with Crippen LogP contribution < -0.4 is 5.32 Å². The van der Waals surface area contributed by atoms with Crippen molar-refractivity contribution in [1.82, 2.24) is 0 Å². The van der Waals surface area contributed by atoms with Gasteiger partial charge in [0.05, 0.1) is 6.61 Å². The number of aryl methyl sites for hydroxylation is 1. The molecule has 12 heavy (non-hydrogen) atoms. The van der Waals surface area contributed by atoms with Gasteiger partial charge in [0.1, 0.15) is 0 Å². The fourth-order valence-electron chi connectivity index (χ4n) is 1.27. The molecule has 0 saturated carbocycles. The minimum atomic E-state index is 0.106. The Bertz CT molecular complexity index is 258. The molecule has 0 atom stereocenters. The quantitative estimate of drug-likeness (QED) is 0.717. The monoisotopic (exact) mass is 165 g/mol. The van der Waals surface area contributed by atoms with E-state index in [2.05, 4.69) is 5.32 Å². The van der Waals surface area contributed by atoms with Gasteiger partial charge in [0, 0.05) is 17.8 Å². The van der Waals surface area contributed by atoms with Gasteiger partial charge in [0.15, 0.2) is 0 Å². The molecule has 2 N–H and O–H groups in total. The van der Waals surface area contributed by atoms with E-state index < -0.39 is 0 Å². The van der Waals surface area contributed by atoms with Crippen LogP contribution in [0.2, 0.25) is 0 Å². The number of aliphatic hydroxyl groups is 1. The first-order valence-corrected chi connectivity index (χ1v) is 4.22. The number of nitrogens with one attached hydrogen (secondary N) is 1. The second-order valence-electron chi connectivity index (χ2n) is 2.79. The van der Waals surface area contributed by atoms with E-state index in [0.29, 0.717) is 0 Å². The molecule has 0 amide bonds. The summed E-state index contributed by atoms with van der Waals surface area (Å²) >= 11 is 0. The van der Waals surface area contributed by atoms with Crippen molar-refractivity contribution >= 4 is 5.69 Å². The summed E-state index contributed by atoms with van der Waals surface area (Å²) in [5.74, 6) is 0. The molecular formula is C10H15NO. The normalized spacial score (nSPS) is 9.92. The Kier molecular flexibility index (Phi) is 3.11. The average Bonchev–Trinajstić information content (AvgIpc) is 2.05. The molecule has 0 aliphatic heterocycles. The Labute approximate surface area is 73.2 Å². The molecule has 0 heterocycles. The summed E-state index contributed by atoms with van der Waals surface area (Å²) in [6.45, 7) is 5.04. The van der Waals surface area contributed by atoms with Gasteiger partial charge < -0.3 is 10.4 Å². The predicted molar refractivity (Wildman–Crippen MR) is 51.3 cm³/mol. The third-order valence-electron chi connectivity index (χ3n) is 1.94. The van der Waals surface area contributed by atoms with Crippen LogP contribution >= 0.6 is 0 Å².